The fourth-order valence-electron chi connectivity index (χ4n) is 3.82. The standard InChI is InChI=1S/C32H31N/c1-32(2,3)29-22-20-26(21-23-29)30(24-19-25-13-7-4-8-14-25)33-31(27-15-9-5-10-16-27)28-17-11-6-12-18-28/h4-24,30H,1-3H3/b24-19+. The molecule has 0 aromatic heterocycles. The Bertz CT molecular complexity index is 1160. The monoisotopic (exact) mass is 429 g/mol. The van der Waals surface area contributed by atoms with Crippen molar-refractivity contribution in [1.82, 2.24) is 0 Å². The van der Waals surface area contributed by atoms with Crippen LogP contribution in [-0.4, -0.2) is 5.71 Å². The molecule has 0 N–H and O–H groups in total. The molecule has 0 radical (unpaired) electrons. The van der Waals surface area contributed by atoms with Gasteiger partial charge in [-0.1, -0.05) is 148 Å². The van der Waals surface area contributed by atoms with Gasteiger partial charge in [-0.05, 0) is 22.1 Å². The fraction of sp³-hybridized carbons (Fsp3) is 0.156. The van der Waals surface area contributed by atoms with E-state index in [4.69, 9.17) is 4.99 Å². The maximum atomic E-state index is 5.32. The molecule has 0 saturated carbocycles. The second kappa shape index (κ2) is 10.3. The molecule has 0 fully saturated rings. The Balaban J connectivity index is 1.81. The lowest BCUT2D eigenvalue weighted by Crippen LogP contribution is -2.11. The highest BCUT2D eigenvalue weighted by atomic mass is 14.8. The average Bonchev–Trinajstić information content (AvgIpc) is 2.85. The van der Waals surface area contributed by atoms with Crippen molar-refractivity contribution in [3.63, 3.8) is 0 Å². The van der Waals surface area contributed by atoms with E-state index in [1.165, 1.54) is 16.7 Å². The molecule has 0 aliphatic carbocycles. The minimum atomic E-state index is -0.102. The summed E-state index contributed by atoms with van der Waals surface area (Å²) in [4.78, 5) is 5.32. The molecular weight excluding hydrogens is 398 g/mol. The summed E-state index contributed by atoms with van der Waals surface area (Å²) in [7, 11) is 0. The van der Waals surface area contributed by atoms with E-state index in [1.807, 2.05) is 18.2 Å². The maximum absolute atomic E-state index is 5.32. The molecule has 4 rings (SSSR count). The van der Waals surface area contributed by atoms with Crippen LogP contribution in [0.15, 0.2) is 126 Å². The van der Waals surface area contributed by atoms with Gasteiger partial charge in [-0.15, -0.1) is 0 Å². The Hall–Kier alpha value is -3.71. The van der Waals surface area contributed by atoms with Crippen molar-refractivity contribution in [2.75, 3.05) is 0 Å². The number of aliphatic imine (C=N–C) groups is 1. The number of rotatable bonds is 6. The summed E-state index contributed by atoms with van der Waals surface area (Å²) in [6.07, 6.45) is 4.37. The smallest absolute Gasteiger partial charge is 0.0941 e. The first-order valence-corrected chi connectivity index (χ1v) is 11.5. The summed E-state index contributed by atoms with van der Waals surface area (Å²) in [5.41, 5.74) is 7.04. The minimum absolute atomic E-state index is 0.102. The van der Waals surface area contributed by atoms with Crippen molar-refractivity contribution in [2.24, 2.45) is 4.99 Å². The Kier molecular flexibility index (Phi) is 7.00. The molecule has 0 aliphatic heterocycles. The van der Waals surface area contributed by atoms with Gasteiger partial charge in [0.05, 0.1) is 11.8 Å². The topological polar surface area (TPSA) is 12.4 Å². The van der Waals surface area contributed by atoms with Gasteiger partial charge in [0.2, 0.25) is 0 Å². The molecule has 0 spiro atoms. The summed E-state index contributed by atoms with van der Waals surface area (Å²) < 4.78 is 0. The lowest BCUT2D eigenvalue weighted by atomic mass is 9.86. The third-order valence-electron chi connectivity index (χ3n) is 5.75. The van der Waals surface area contributed by atoms with Crippen molar-refractivity contribution in [3.05, 3.63) is 149 Å². The van der Waals surface area contributed by atoms with Gasteiger partial charge < -0.3 is 0 Å². The predicted molar refractivity (Wildman–Crippen MR) is 142 cm³/mol. The lowest BCUT2D eigenvalue weighted by Gasteiger charge is -2.20. The third kappa shape index (κ3) is 5.96. The largest absolute Gasteiger partial charge is 0.272 e. The first-order valence-electron chi connectivity index (χ1n) is 11.5. The number of hydrogen-bond acceptors (Lipinski definition) is 1. The third-order valence-corrected chi connectivity index (χ3v) is 5.75. The predicted octanol–water partition coefficient (Wildman–Crippen LogP) is 8.28. The van der Waals surface area contributed by atoms with Gasteiger partial charge >= 0.3 is 0 Å². The van der Waals surface area contributed by atoms with E-state index in [0.29, 0.717) is 0 Å². The fourth-order valence-corrected chi connectivity index (χ4v) is 3.82. The molecule has 0 amide bonds. The molecule has 33 heavy (non-hydrogen) atoms. The maximum Gasteiger partial charge on any atom is 0.0941 e. The number of nitrogens with zero attached hydrogens (tertiary/aromatic N) is 1. The molecule has 164 valence electrons. The van der Waals surface area contributed by atoms with Crippen molar-refractivity contribution < 1.29 is 0 Å². The van der Waals surface area contributed by atoms with E-state index in [9.17, 15) is 0 Å². The summed E-state index contributed by atoms with van der Waals surface area (Å²) in [6, 6.07) is 40.1. The van der Waals surface area contributed by atoms with Gasteiger partial charge in [-0.3, -0.25) is 4.99 Å². The molecule has 4 aromatic carbocycles. The lowest BCUT2D eigenvalue weighted by molar-refractivity contribution is 0.590. The van der Waals surface area contributed by atoms with Crippen LogP contribution in [-0.2, 0) is 5.41 Å². The van der Waals surface area contributed by atoms with Crippen LogP contribution in [0, 0.1) is 0 Å². The van der Waals surface area contributed by atoms with Gasteiger partial charge in [-0.2, -0.15) is 0 Å². The normalized spacial score (nSPS) is 12.5. The van der Waals surface area contributed by atoms with E-state index < -0.39 is 0 Å². The molecule has 4 aromatic rings. The molecule has 0 bridgehead atoms. The van der Waals surface area contributed by atoms with Crippen molar-refractivity contribution in [3.8, 4) is 0 Å². The molecular formula is C32H31N. The Morgan fingerprint density at radius 2 is 1.12 bits per heavy atom. The Morgan fingerprint density at radius 3 is 1.61 bits per heavy atom. The second-order valence-corrected chi connectivity index (χ2v) is 9.30. The first kappa shape index (κ1) is 22.5. The SMILES string of the molecule is CC(C)(C)c1ccc(C(/C=C/c2ccccc2)N=C(c2ccccc2)c2ccccc2)cc1. The van der Waals surface area contributed by atoms with Crippen molar-refractivity contribution >= 4 is 11.8 Å². The van der Waals surface area contributed by atoms with Crippen LogP contribution in [0.4, 0.5) is 0 Å². The van der Waals surface area contributed by atoms with Crippen LogP contribution in [0.1, 0.15) is 54.6 Å². The highest BCUT2D eigenvalue weighted by Gasteiger charge is 2.16. The Morgan fingerprint density at radius 1 is 0.636 bits per heavy atom. The Labute approximate surface area is 198 Å². The number of benzene rings is 4. The molecule has 1 atom stereocenters. The van der Waals surface area contributed by atoms with Crippen LogP contribution in [0.2, 0.25) is 0 Å². The zero-order valence-electron chi connectivity index (χ0n) is 19.6. The average molecular weight is 430 g/mol. The highest BCUT2D eigenvalue weighted by Crippen LogP contribution is 2.28. The first-order chi connectivity index (χ1) is 16.0. The van der Waals surface area contributed by atoms with E-state index in [1.54, 1.807) is 0 Å². The molecule has 0 heterocycles. The van der Waals surface area contributed by atoms with Crippen LogP contribution in [0.25, 0.3) is 6.08 Å². The van der Waals surface area contributed by atoms with Crippen LogP contribution in [0.3, 0.4) is 0 Å². The van der Waals surface area contributed by atoms with Crippen molar-refractivity contribution in [2.45, 2.75) is 32.2 Å². The molecule has 1 unspecified atom stereocenters. The number of hydrogen-bond donors (Lipinski definition) is 0. The van der Waals surface area contributed by atoms with Crippen LogP contribution in [0.5, 0.6) is 0 Å². The van der Waals surface area contributed by atoms with Gasteiger partial charge in [0, 0.05) is 11.1 Å². The van der Waals surface area contributed by atoms with E-state index in [-0.39, 0.29) is 11.5 Å². The molecule has 1 heteroatoms. The summed E-state index contributed by atoms with van der Waals surface area (Å²) in [5, 5.41) is 0. The zero-order valence-corrected chi connectivity index (χ0v) is 19.6. The van der Waals surface area contributed by atoms with Crippen molar-refractivity contribution in [1.29, 1.82) is 0 Å². The van der Waals surface area contributed by atoms with Gasteiger partial charge in [0.15, 0.2) is 0 Å². The van der Waals surface area contributed by atoms with Crippen LogP contribution >= 0.6 is 0 Å². The summed E-state index contributed by atoms with van der Waals surface area (Å²) in [5.74, 6) is 0. The van der Waals surface area contributed by atoms with Gasteiger partial charge in [0.1, 0.15) is 0 Å². The molecule has 0 saturated heterocycles. The van der Waals surface area contributed by atoms with E-state index in [0.717, 1.165) is 16.8 Å². The summed E-state index contributed by atoms with van der Waals surface area (Å²) in [6.45, 7) is 6.74. The zero-order chi connectivity index (χ0) is 23.1. The van der Waals surface area contributed by atoms with E-state index in [2.05, 4.69) is 130 Å². The summed E-state index contributed by atoms with van der Waals surface area (Å²) >= 11 is 0. The second-order valence-electron chi connectivity index (χ2n) is 9.30. The quantitative estimate of drug-likeness (QED) is 0.273. The molecule has 1 nitrogen and oxygen atoms in total. The van der Waals surface area contributed by atoms with Gasteiger partial charge in [0.25, 0.3) is 0 Å². The minimum Gasteiger partial charge on any atom is -0.272 e. The van der Waals surface area contributed by atoms with E-state index >= 15 is 0 Å². The molecule has 0 aliphatic rings. The van der Waals surface area contributed by atoms with Crippen LogP contribution < -0.4 is 0 Å². The highest BCUT2D eigenvalue weighted by molar-refractivity contribution is 6.13. The van der Waals surface area contributed by atoms with Gasteiger partial charge in [-0.25, -0.2) is 0 Å².